The van der Waals surface area contributed by atoms with Crippen molar-refractivity contribution in [3.63, 3.8) is 0 Å². The van der Waals surface area contributed by atoms with Crippen molar-refractivity contribution in [1.29, 1.82) is 0 Å². The highest BCUT2D eigenvalue weighted by molar-refractivity contribution is 6.07. The molecule has 1 aromatic heterocycles. The summed E-state index contributed by atoms with van der Waals surface area (Å²) in [6.45, 7) is 5.37. The zero-order valence-electron chi connectivity index (χ0n) is 13.9. The summed E-state index contributed by atoms with van der Waals surface area (Å²) in [5.74, 6) is -0.123. The van der Waals surface area contributed by atoms with E-state index in [4.69, 9.17) is 4.74 Å². The van der Waals surface area contributed by atoms with Gasteiger partial charge in [-0.15, -0.1) is 0 Å². The van der Waals surface area contributed by atoms with E-state index >= 15 is 0 Å². The van der Waals surface area contributed by atoms with Crippen LogP contribution in [-0.2, 0) is 4.74 Å². The number of anilines is 1. The summed E-state index contributed by atoms with van der Waals surface area (Å²) < 4.78 is 5.23. The van der Waals surface area contributed by atoms with Gasteiger partial charge >= 0.3 is 6.09 Å². The summed E-state index contributed by atoms with van der Waals surface area (Å²) in [4.78, 5) is 28.0. The normalized spacial score (nSPS) is 11.3. The third-order valence-corrected chi connectivity index (χ3v) is 2.96. The number of carbonyl (C=O) groups is 2. The second kappa shape index (κ2) is 7.55. The molecule has 0 saturated heterocycles. The smallest absolute Gasteiger partial charge is 0.412 e. The van der Waals surface area contributed by atoms with Crippen LogP contribution in [0.25, 0.3) is 6.08 Å². The molecule has 0 fully saturated rings. The first-order valence-corrected chi connectivity index (χ1v) is 7.56. The zero-order chi connectivity index (χ0) is 17.6. The van der Waals surface area contributed by atoms with Gasteiger partial charge < -0.3 is 4.74 Å². The lowest BCUT2D eigenvalue weighted by Crippen LogP contribution is -2.27. The van der Waals surface area contributed by atoms with E-state index in [1.165, 1.54) is 6.08 Å². The van der Waals surface area contributed by atoms with E-state index in [1.54, 1.807) is 69.6 Å². The Morgan fingerprint density at radius 3 is 2.50 bits per heavy atom. The van der Waals surface area contributed by atoms with Gasteiger partial charge in [-0.25, -0.2) is 4.79 Å². The maximum Gasteiger partial charge on any atom is 0.412 e. The number of carbonyl (C=O) groups excluding carboxylic acids is 2. The summed E-state index contributed by atoms with van der Waals surface area (Å²) in [5.41, 5.74) is 1.15. The highest BCUT2D eigenvalue weighted by Gasteiger charge is 2.16. The minimum atomic E-state index is -0.587. The van der Waals surface area contributed by atoms with Gasteiger partial charge in [0.1, 0.15) is 5.60 Å². The molecule has 0 unspecified atom stereocenters. The van der Waals surface area contributed by atoms with E-state index in [9.17, 15) is 9.59 Å². The Labute approximate surface area is 141 Å². The van der Waals surface area contributed by atoms with Crippen molar-refractivity contribution in [3.8, 4) is 0 Å². The summed E-state index contributed by atoms with van der Waals surface area (Å²) >= 11 is 0. The Morgan fingerprint density at radius 1 is 1.12 bits per heavy atom. The van der Waals surface area contributed by atoms with E-state index < -0.39 is 11.7 Å². The number of aromatic nitrogens is 1. The van der Waals surface area contributed by atoms with E-state index in [0.717, 1.165) is 0 Å². The van der Waals surface area contributed by atoms with E-state index in [-0.39, 0.29) is 5.78 Å². The van der Waals surface area contributed by atoms with Gasteiger partial charge in [0.25, 0.3) is 0 Å². The lowest BCUT2D eigenvalue weighted by molar-refractivity contribution is 0.0635. The molecule has 2 rings (SSSR count). The van der Waals surface area contributed by atoms with Gasteiger partial charge in [-0.05, 0) is 39.0 Å². The van der Waals surface area contributed by atoms with Crippen LogP contribution in [0.15, 0.2) is 54.9 Å². The molecule has 0 saturated carbocycles. The number of nitrogens with one attached hydrogen (secondary N) is 1. The molecule has 1 N–H and O–H groups in total. The molecule has 0 aliphatic rings. The topological polar surface area (TPSA) is 68.3 Å². The van der Waals surface area contributed by atoms with Crippen LogP contribution in [0.5, 0.6) is 0 Å². The number of nitrogens with zero attached hydrogens (tertiary/aromatic N) is 1. The fraction of sp³-hybridized carbons (Fsp3) is 0.211. The van der Waals surface area contributed by atoms with Crippen LogP contribution < -0.4 is 5.32 Å². The van der Waals surface area contributed by atoms with Crippen molar-refractivity contribution in [2.45, 2.75) is 26.4 Å². The molecule has 1 heterocycles. The molecule has 0 atom stereocenters. The second-order valence-corrected chi connectivity index (χ2v) is 6.15. The number of benzene rings is 1. The molecule has 1 amide bonds. The fourth-order valence-corrected chi connectivity index (χ4v) is 1.93. The van der Waals surface area contributed by atoms with Crippen LogP contribution in [0.3, 0.4) is 0 Å². The Balaban J connectivity index is 2.13. The van der Waals surface area contributed by atoms with Gasteiger partial charge in [0.15, 0.2) is 5.78 Å². The number of ketones is 1. The largest absolute Gasteiger partial charge is 0.444 e. The monoisotopic (exact) mass is 324 g/mol. The van der Waals surface area contributed by atoms with Crippen molar-refractivity contribution in [2.75, 3.05) is 5.32 Å². The minimum Gasteiger partial charge on any atom is -0.444 e. The van der Waals surface area contributed by atoms with Crippen LogP contribution in [0, 0.1) is 0 Å². The molecule has 24 heavy (non-hydrogen) atoms. The molecule has 5 nitrogen and oxygen atoms in total. The van der Waals surface area contributed by atoms with Crippen LogP contribution in [-0.4, -0.2) is 22.5 Å². The number of ether oxygens (including phenoxy) is 1. The molecule has 0 aliphatic carbocycles. The van der Waals surface area contributed by atoms with Crippen LogP contribution >= 0.6 is 0 Å². The Kier molecular flexibility index (Phi) is 5.47. The summed E-state index contributed by atoms with van der Waals surface area (Å²) in [7, 11) is 0. The predicted molar refractivity (Wildman–Crippen MR) is 93.9 cm³/mol. The third kappa shape index (κ3) is 5.35. The summed E-state index contributed by atoms with van der Waals surface area (Å²) in [6.07, 6.45) is 5.64. The Hall–Kier alpha value is -2.95. The van der Waals surface area contributed by atoms with Gasteiger partial charge in [0.05, 0.1) is 5.69 Å². The lowest BCUT2D eigenvalue weighted by Gasteiger charge is -2.20. The first kappa shape index (κ1) is 17.4. The molecule has 5 heteroatoms. The van der Waals surface area contributed by atoms with Gasteiger partial charge in [-0.2, -0.15) is 0 Å². The number of pyridine rings is 1. The molecule has 0 radical (unpaired) electrons. The number of allylic oxidation sites excluding steroid dienone is 1. The fourth-order valence-electron chi connectivity index (χ4n) is 1.93. The van der Waals surface area contributed by atoms with Crippen LogP contribution in [0.1, 0.15) is 36.7 Å². The molecule has 0 aliphatic heterocycles. The summed E-state index contributed by atoms with van der Waals surface area (Å²) in [5, 5.41) is 2.67. The molecular weight excluding hydrogens is 304 g/mol. The summed E-state index contributed by atoms with van der Waals surface area (Å²) in [6, 6.07) is 10.6. The van der Waals surface area contributed by atoms with Crippen molar-refractivity contribution < 1.29 is 14.3 Å². The molecule has 0 spiro atoms. The number of amides is 1. The van der Waals surface area contributed by atoms with Gasteiger partial charge in [0, 0.05) is 23.5 Å². The number of rotatable bonds is 4. The molecular formula is C19H20N2O3. The Bertz CT molecular complexity index is 747. The average Bonchev–Trinajstić information content (AvgIpc) is 2.53. The Morgan fingerprint density at radius 2 is 1.83 bits per heavy atom. The SMILES string of the molecule is CC(C)(C)OC(=O)Nc1ccncc1/C=C/C(=O)c1ccccc1. The van der Waals surface area contributed by atoms with Crippen molar-refractivity contribution in [3.05, 3.63) is 66.0 Å². The average molecular weight is 324 g/mol. The zero-order valence-corrected chi connectivity index (χ0v) is 13.9. The van der Waals surface area contributed by atoms with Gasteiger partial charge in [-0.3, -0.25) is 15.1 Å². The highest BCUT2D eigenvalue weighted by Crippen LogP contribution is 2.17. The van der Waals surface area contributed by atoms with Crippen molar-refractivity contribution >= 4 is 23.6 Å². The van der Waals surface area contributed by atoms with Crippen molar-refractivity contribution in [1.82, 2.24) is 4.98 Å². The van der Waals surface area contributed by atoms with Crippen LogP contribution in [0.4, 0.5) is 10.5 Å². The minimum absolute atomic E-state index is 0.123. The molecule has 2 aromatic rings. The van der Waals surface area contributed by atoms with E-state index in [1.807, 2.05) is 6.07 Å². The van der Waals surface area contributed by atoms with Gasteiger partial charge in [-0.1, -0.05) is 30.3 Å². The second-order valence-electron chi connectivity index (χ2n) is 6.15. The third-order valence-electron chi connectivity index (χ3n) is 2.96. The first-order chi connectivity index (χ1) is 11.3. The quantitative estimate of drug-likeness (QED) is 0.671. The first-order valence-electron chi connectivity index (χ1n) is 7.56. The molecule has 0 bridgehead atoms. The highest BCUT2D eigenvalue weighted by atomic mass is 16.6. The number of hydrogen-bond acceptors (Lipinski definition) is 4. The molecule has 124 valence electrons. The van der Waals surface area contributed by atoms with Crippen molar-refractivity contribution in [2.24, 2.45) is 0 Å². The van der Waals surface area contributed by atoms with Crippen LogP contribution in [0.2, 0.25) is 0 Å². The molecule has 1 aromatic carbocycles. The maximum absolute atomic E-state index is 12.1. The number of hydrogen-bond donors (Lipinski definition) is 1. The maximum atomic E-state index is 12.1. The predicted octanol–water partition coefficient (Wildman–Crippen LogP) is 4.32. The lowest BCUT2D eigenvalue weighted by atomic mass is 10.1. The standard InChI is InChI=1S/C19H20N2O3/c1-19(2,3)24-18(23)21-16-11-12-20-13-15(16)9-10-17(22)14-7-5-4-6-8-14/h4-13H,1-3H3,(H,20,21,23)/b10-9+. The van der Waals surface area contributed by atoms with E-state index in [0.29, 0.717) is 16.8 Å². The van der Waals surface area contributed by atoms with E-state index in [2.05, 4.69) is 10.3 Å². The van der Waals surface area contributed by atoms with Gasteiger partial charge in [0.2, 0.25) is 0 Å².